The number of benzene rings is 1. The summed E-state index contributed by atoms with van der Waals surface area (Å²) in [5.41, 5.74) is 1.01. The molecule has 0 saturated heterocycles. The highest BCUT2D eigenvalue weighted by Gasteiger charge is 2.10. The SMILES string of the molecule is CCCNc1nc(CSc2ccccc2Cl)nc(C)c1I. The molecule has 1 N–H and O–H groups in total. The fraction of sp³-hybridized carbons (Fsp3) is 0.333. The number of nitrogens with zero attached hydrogens (tertiary/aromatic N) is 2. The Hall–Kier alpha value is -0.530. The summed E-state index contributed by atoms with van der Waals surface area (Å²) in [7, 11) is 0. The molecule has 0 aliphatic rings. The van der Waals surface area contributed by atoms with E-state index in [1.807, 2.05) is 31.2 Å². The molecular formula is C15H17ClIN3S. The lowest BCUT2D eigenvalue weighted by atomic mass is 10.4. The van der Waals surface area contributed by atoms with Crippen LogP contribution in [-0.4, -0.2) is 16.5 Å². The maximum Gasteiger partial charge on any atom is 0.143 e. The summed E-state index contributed by atoms with van der Waals surface area (Å²) in [4.78, 5) is 10.2. The van der Waals surface area contributed by atoms with Crippen LogP contribution in [0.3, 0.4) is 0 Å². The molecule has 6 heteroatoms. The minimum absolute atomic E-state index is 0.711. The molecule has 1 aromatic carbocycles. The molecule has 1 heterocycles. The summed E-state index contributed by atoms with van der Waals surface area (Å²) < 4.78 is 1.09. The summed E-state index contributed by atoms with van der Waals surface area (Å²) in [5, 5.41) is 4.13. The molecule has 2 rings (SSSR count). The molecule has 0 unspecified atom stereocenters. The average Bonchev–Trinajstić information content (AvgIpc) is 2.48. The number of aromatic nitrogens is 2. The van der Waals surface area contributed by atoms with E-state index < -0.39 is 0 Å². The van der Waals surface area contributed by atoms with Crippen LogP contribution in [0.25, 0.3) is 0 Å². The minimum Gasteiger partial charge on any atom is -0.369 e. The highest BCUT2D eigenvalue weighted by atomic mass is 127. The molecule has 0 aliphatic carbocycles. The van der Waals surface area contributed by atoms with E-state index in [1.165, 1.54) is 0 Å². The molecule has 1 aromatic heterocycles. The van der Waals surface area contributed by atoms with Gasteiger partial charge in [-0.3, -0.25) is 0 Å². The normalized spacial score (nSPS) is 10.7. The number of nitrogens with one attached hydrogen (secondary N) is 1. The number of hydrogen-bond donors (Lipinski definition) is 1. The second kappa shape index (κ2) is 8.19. The average molecular weight is 434 g/mol. The van der Waals surface area contributed by atoms with Crippen LogP contribution in [0.15, 0.2) is 29.2 Å². The molecular weight excluding hydrogens is 417 g/mol. The Morgan fingerprint density at radius 2 is 2.05 bits per heavy atom. The van der Waals surface area contributed by atoms with E-state index in [2.05, 4.69) is 44.8 Å². The van der Waals surface area contributed by atoms with Gasteiger partial charge < -0.3 is 5.32 Å². The first-order valence-electron chi connectivity index (χ1n) is 6.76. The third-order valence-corrected chi connectivity index (χ3v) is 5.60. The molecule has 21 heavy (non-hydrogen) atoms. The first-order valence-corrected chi connectivity index (χ1v) is 9.20. The summed E-state index contributed by atoms with van der Waals surface area (Å²) in [6.45, 7) is 5.08. The number of hydrogen-bond acceptors (Lipinski definition) is 4. The molecule has 0 bridgehead atoms. The Balaban J connectivity index is 2.13. The summed E-state index contributed by atoms with van der Waals surface area (Å²) in [5.74, 6) is 2.47. The molecule has 112 valence electrons. The van der Waals surface area contributed by atoms with E-state index in [4.69, 9.17) is 11.6 Å². The van der Waals surface area contributed by atoms with Crippen LogP contribution in [0.1, 0.15) is 24.9 Å². The largest absolute Gasteiger partial charge is 0.369 e. The summed E-state index contributed by atoms with van der Waals surface area (Å²) in [6, 6.07) is 7.84. The van der Waals surface area contributed by atoms with Crippen LogP contribution >= 0.6 is 46.0 Å². The zero-order chi connectivity index (χ0) is 15.2. The Labute approximate surface area is 148 Å². The van der Waals surface area contributed by atoms with Gasteiger partial charge in [0.1, 0.15) is 11.6 Å². The van der Waals surface area contributed by atoms with Crippen LogP contribution in [0.5, 0.6) is 0 Å². The second-order valence-electron chi connectivity index (χ2n) is 4.53. The van der Waals surface area contributed by atoms with E-state index >= 15 is 0 Å². The quantitative estimate of drug-likeness (QED) is 0.504. The third kappa shape index (κ3) is 4.72. The first-order chi connectivity index (χ1) is 10.1. The number of anilines is 1. The lowest BCUT2D eigenvalue weighted by Crippen LogP contribution is -2.08. The Bertz CT molecular complexity index is 622. The third-order valence-electron chi connectivity index (χ3n) is 2.80. The van der Waals surface area contributed by atoms with Gasteiger partial charge in [0, 0.05) is 11.4 Å². The lowest BCUT2D eigenvalue weighted by molar-refractivity contribution is 0.933. The topological polar surface area (TPSA) is 37.8 Å². The zero-order valence-corrected chi connectivity index (χ0v) is 15.7. The molecule has 0 atom stereocenters. The van der Waals surface area contributed by atoms with Crippen LogP contribution in [-0.2, 0) is 5.75 Å². The van der Waals surface area contributed by atoms with Crippen molar-refractivity contribution in [1.82, 2.24) is 9.97 Å². The van der Waals surface area contributed by atoms with Gasteiger partial charge in [0.05, 0.1) is 20.0 Å². The highest BCUT2D eigenvalue weighted by Crippen LogP contribution is 2.29. The van der Waals surface area contributed by atoms with Gasteiger partial charge >= 0.3 is 0 Å². The van der Waals surface area contributed by atoms with Gasteiger partial charge in [0.25, 0.3) is 0 Å². The van der Waals surface area contributed by atoms with Gasteiger partial charge in [-0.05, 0) is 48.1 Å². The van der Waals surface area contributed by atoms with Gasteiger partial charge in [-0.25, -0.2) is 9.97 Å². The van der Waals surface area contributed by atoms with Gasteiger partial charge in [-0.1, -0.05) is 30.7 Å². The number of thioether (sulfide) groups is 1. The van der Waals surface area contributed by atoms with Crippen LogP contribution < -0.4 is 5.32 Å². The molecule has 2 aromatic rings. The van der Waals surface area contributed by atoms with Crippen molar-refractivity contribution in [1.29, 1.82) is 0 Å². The summed E-state index contributed by atoms with van der Waals surface area (Å²) >= 11 is 10.1. The van der Waals surface area contributed by atoms with Crippen LogP contribution in [0, 0.1) is 10.5 Å². The van der Waals surface area contributed by atoms with E-state index in [0.717, 1.165) is 43.8 Å². The molecule has 0 saturated carbocycles. The van der Waals surface area contributed by atoms with Crippen molar-refractivity contribution in [3.05, 3.63) is 44.4 Å². The van der Waals surface area contributed by atoms with E-state index in [0.29, 0.717) is 5.75 Å². The van der Waals surface area contributed by atoms with Gasteiger partial charge in [0.2, 0.25) is 0 Å². The fourth-order valence-electron chi connectivity index (χ4n) is 1.75. The van der Waals surface area contributed by atoms with Crippen molar-refractivity contribution in [2.24, 2.45) is 0 Å². The zero-order valence-electron chi connectivity index (χ0n) is 12.0. The Morgan fingerprint density at radius 3 is 2.76 bits per heavy atom. The second-order valence-corrected chi connectivity index (χ2v) is 7.04. The molecule has 0 amide bonds. The molecule has 0 fully saturated rings. The Morgan fingerprint density at radius 1 is 1.29 bits per heavy atom. The van der Waals surface area contributed by atoms with E-state index in [1.54, 1.807) is 11.8 Å². The van der Waals surface area contributed by atoms with Crippen LogP contribution in [0.4, 0.5) is 5.82 Å². The first kappa shape index (κ1) is 16.8. The Kier molecular flexibility index (Phi) is 6.57. The smallest absolute Gasteiger partial charge is 0.143 e. The highest BCUT2D eigenvalue weighted by molar-refractivity contribution is 14.1. The molecule has 3 nitrogen and oxygen atoms in total. The minimum atomic E-state index is 0.711. The van der Waals surface area contributed by atoms with Crippen molar-refractivity contribution in [2.45, 2.75) is 30.9 Å². The standard InChI is InChI=1S/C15H17ClIN3S/c1-3-8-18-15-14(17)10(2)19-13(20-15)9-21-12-7-5-4-6-11(12)16/h4-7H,3,8-9H2,1-2H3,(H,18,19,20). The number of rotatable bonds is 6. The van der Waals surface area contributed by atoms with E-state index in [9.17, 15) is 0 Å². The van der Waals surface area contributed by atoms with Crippen molar-refractivity contribution < 1.29 is 0 Å². The van der Waals surface area contributed by atoms with Crippen molar-refractivity contribution >= 4 is 51.8 Å². The predicted octanol–water partition coefficient (Wildman–Crippen LogP) is 5.16. The maximum atomic E-state index is 6.17. The van der Waals surface area contributed by atoms with E-state index in [-0.39, 0.29) is 0 Å². The molecule has 0 radical (unpaired) electrons. The van der Waals surface area contributed by atoms with Crippen molar-refractivity contribution in [2.75, 3.05) is 11.9 Å². The number of aryl methyl sites for hydroxylation is 1. The maximum absolute atomic E-state index is 6.17. The summed E-state index contributed by atoms with van der Waals surface area (Å²) in [6.07, 6.45) is 1.07. The van der Waals surface area contributed by atoms with Gasteiger partial charge in [-0.2, -0.15) is 0 Å². The lowest BCUT2D eigenvalue weighted by Gasteiger charge is -2.11. The monoisotopic (exact) mass is 433 g/mol. The predicted molar refractivity (Wildman–Crippen MR) is 99.3 cm³/mol. The molecule has 0 aliphatic heterocycles. The van der Waals surface area contributed by atoms with Crippen molar-refractivity contribution in [3.8, 4) is 0 Å². The van der Waals surface area contributed by atoms with Crippen molar-refractivity contribution in [3.63, 3.8) is 0 Å². The van der Waals surface area contributed by atoms with Gasteiger partial charge in [0.15, 0.2) is 0 Å². The van der Waals surface area contributed by atoms with Gasteiger partial charge in [-0.15, -0.1) is 11.8 Å². The number of halogens is 2. The molecule has 0 spiro atoms. The van der Waals surface area contributed by atoms with Crippen LogP contribution in [0.2, 0.25) is 5.02 Å². The fourth-order valence-corrected chi connectivity index (χ4v) is 3.27.